The summed E-state index contributed by atoms with van der Waals surface area (Å²) in [5.41, 5.74) is 2.95. The van der Waals surface area contributed by atoms with E-state index in [1.807, 2.05) is 0 Å². The number of likely N-dealkylation sites (tertiary alicyclic amines) is 1. The fourth-order valence-corrected chi connectivity index (χ4v) is 4.01. The van der Waals surface area contributed by atoms with Gasteiger partial charge in [-0.3, -0.25) is 4.90 Å². The second-order valence-corrected chi connectivity index (χ2v) is 6.44. The average Bonchev–Trinajstić information content (AvgIpc) is 2.92. The summed E-state index contributed by atoms with van der Waals surface area (Å²) in [5, 5.41) is 3.72. The van der Waals surface area contributed by atoms with Gasteiger partial charge in [-0.05, 0) is 49.3 Å². The fraction of sp³-hybridized carbons (Fsp3) is 0.667. The minimum Gasteiger partial charge on any atom is -0.312 e. The second kappa shape index (κ2) is 6.28. The summed E-state index contributed by atoms with van der Waals surface area (Å²) in [7, 11) is 0. The van der Waals surface area contributed by atoms with E-state index in [4.69, 9.17) is 0 Å². The van der Waals surface area contributed by atoms with Crippen LogP contribution in [0.15, 0.2) is 24.3 Å². The molecule has 0 spiro atoms. The van der Waals surface area contributed by atoms with E-state index in [0.717, 1.165) is 18.4 Å². The molecule has 0 bridgehead atoms. The maximum Gasteiger partial charge on any atom is 0.0346 e. The molecule has 2 saturated heterocycles. The Bertz CT molecular complexity index is 412. The molecule has 110 valence electrons. The molecule has 0 amide bonds. The molecule has 1 N–H and O–H groups in total. The molecule has 0 aliphatic carbocycles. The van der Waals surface area contributed by atoms with Crippen LogP contribution >= 0.6 is 0 Å². The summed E-state index contributed by atoms with van der Waals surface area (Å²) >= 11 is 0. The molecule has 0 radical (unpaired) electrons. The van der Waals surface area contributed by atoms with Gasteiger partial charge in [-0.25, -0.2) is 0 Å². The van der Waals surface area contributed by atoms with Crippen molar-refractivity contribution in [3.05, 3.63) is 35.4 Å². The number of piperidine rings is 1. The summed E-state index contributed by atoms with van der Waals surface area (Å²) in [6.45, 7) is 8.29. The highest BCUT2D eigenvalue weighted by Crippen LogP contribution is 2.33. The SMILES string of the molecule is CCc1ccc(C(CC)N2C[C@@H]3CCCN[C@@H]3C2)cc1. The van der Waals surface area contributed by atoms with Gasteiger partial charge < -0.3 is 5.32 Å². The third-order valence-corrected chi connectivity index (χ3v) is 5.23. The number of fused-ring (bicyclic) bond motifs is 1. The van der Waals surface area contributed by atoms with Crippen LogP contribution in [0.3, 0.4) is 0 Å². The van der Waals surface area contributed by atoms with Crippen LogP contribution in [-0.2, 0) is 6.42 Å². The highest BCUT2D eigenvalue weighted by Gasteiger charge is 2.36. The zero-order valence-electron chi connectivity index (χ0n) is 12.9. The molecule has 1 aromatic carbocycles. The molecular formula is C18H28N2. The Morgan fingerprint density at radius 3 is 2.65 bits per heavy atom. The lowest BCUT2D eigenvalue weighted by Crippen LogP contribution is -2.40. The van der Waals surface area contributed by atoms with Crippen molar-refractivity contribution < 1.29 is 0 Å². The molecule has 2 heterocycles. The lowest BCUT2D eigenvalue weighted by molar-refractivity contribution is 0.228. The molecule has 2 fully saturated rings. The minimum absolute atomic E-state index is 0.605. The molecule has 0 saturated carbocycles. The highest BCUT2D eigenvalue weighted by atomic mass is 15.2. The third kappa shape index (κ3) is 2.77. The molecule has 20 heavy (non-hydrogen) atoms. The predicted octanol–water partition coefficient (Wildman–Crippen LogP) is 3.38. The van der Waals surface area contributed by atoms with E-state index in [1.165, 1.54) is 50.0 Å². The van der Waals surface area contributed by atoms with E-state index in [-0.39, 0.29) is 0 Å². The Hall–Kier alpha value is -0.860. The number of rotatable bonds is 4. The zero-order chi connectivity index (χ0) is 13.9. The summed E-state index contributed by atoms with van der Waals surface area (Å²) < 4.78 is 0. The Balaban J connectivity index is 1.72. The number of nitrogens with zero attached hydrogens (tertiary/aromatic N) is 1. The van der Waals surface area contributed by atoms with Crippen LogP contribution in [0.1, 0.15) is 50.3 Å². The van der Waals surface area contributed by atoms with Crippen LogP contribution in [-0.4, -0.2) is 30.6 Å². The van der Waals surface area contributed by atoms with Crippen molar-refractivity contribution in [2.75, 3.05) is 19.6 Å². The molecule has 3 atom stereocenters. The molecule has 2 heteroatoms. The van der Waals surface area contributed by atoms with Gasteiger partial charge in [-0.2, -0.15) is 0 Å². The van der Waals surface area contributed by atoms with Gasteiger partial charge in [0, 0.05) is 25.2 Å². The molecule has 2 aliphatic heterocycles. The molecule has 1 aromatic rings. The third-order valence-electron chi connectivity index (χ3n) is 5.23. The number of hydrogen-bond acceptors (Lipinski definition) is 2. The van der Waals surface area contributed by atoms with Crippen LogP contribution < -0.4 is 5.32 Å². The number of aryl methyl sites for hydroxylation is 1. The summed E-state index contributed by atoms with van der Waals surface area (Å²) in [6.07, 6.45) is 5.12. The maximum atomic E-state index is 3.72. The Kier molecular flexibility index (Phi) is 4.42. The van der Waals surface area contributed by atoms with E-state index < -0.39 is 0 Å². The second-order valence-electron chi connectivity index (χ2n) is 6.44. The quantitative estimate of drug-likeness (QED) is 0.904. The van der Waals surface area contributed by atoms with Gasteiger partial charge >= 0.3 is 0 Å². The average molecular weight is 272 g/mol. The molecule has 2 aliphatic rings. The van der Waals surface area contributed by atoms with Crippen molar-refractivity contribution in [3.8, 4) is 0 Å². The van der Waals surface area contributed by atoms with Crippen molar-refractivity contribution in [2.24, 2.45) is 5.92 Å². The zero-order valence-corrected chi connectivity index (χ0v) is 12.9. The van der Waals surface area contributed by atoms with Gasteiger partial charge in [-0.1, -0.05) is 38.1 Å². The lowest BCUT2D eigenvalue weighted by Gasteiger charge is -2.27. The highest BCUT2D eigenvalue weighted by molar-refractivity contribution is 5.25. The first-order chi connectivity index (χ1) is 9.81. The van der Waals surface area contributed by atoms with Gasteiger partial charge in [0.05, 0.1) is 0 Å². The van der Waals surface area contributed by atoms with E-state index in [1.54, 1.807) is 0 Å². The number of nitrogens with one attached hydrogen (secondary N) is 1. The maximum absolute atomic E-state index is 3.72. The molecular weight excluding hydrogens is 244 g/mol. The summed E-state index contributed by atoms with van der Waals surface area (Å²) in [6, 6.07) is 10.7. The largest absolute Gasteiger partial charge is 0.312 e. The van der Waals surface area contributed by atoms with Crippen LogP contribution in [0.4, 0.5) is 0 Å². The topological polar surface area (TPSA) is 15.3 Å². The van der Waals surface area contributed by atoms with E-state index in [9.17, 15) is 0 Å². The van der Waals surface area contributed by atoms with Gasteiger partial charge in [-0.15, -0.1) is 0 Å². The molecule has 1 unspecified atom stereocenters. The first-order valence-electron chi connectivity index (χ1n) is 8.38. The standard InChI is InChI=1S/C18H28N2/c1-3-14-7-9-15(10-8-14)18(4-2)20-12-16-6-5-11-19-17(16)13-20/h7-10,16-19H,3-6,11-13H2,1-2H3/t16-,17+,18?/m0/s1. The Labute approximate surface area is 123 Å². The van der Waals surface area contributed by atoms with Crippen LogP contribution in [0, 0.1) is 5.92 Å². The van der Waals surface area contributed by atoms with Crippen molar-refractivity contribution >= 4 is 0 Å². The van der Waals surface area contributed by atoms with E-state index in [2.05, 4.69) is 48.3 Å². The van der Waals surface area contributed by atoms with Gasteiger partial charge in [0.15, 0.2) is 0 Å². The molecule has 0 aromatic heterocycles. The first kappa shape index (κ1) is 14.1. The predicted molar refractivity (Wildman–Crippen MR) is 84.9 cm³/mol. The lowest BCUT2D eigenvalue weighted by atomic mass is 9.94. The summed E-state index contributed by atoms with van der Waals surface area (Å²) in [5.74, 6) is 0.882. The first-order valence-corrected chi connectivity index (χ1v) is 8.38. The van der Waals surface area contributed by atoms with Crippen LogP contribution in [0.2, 0.25) is 0 Å². The van der Waals surface area contributed by atoms with Gasteiger partial charge in [0.1, 0.15) is 0 Å². The normalized spacial score (nSPS) is 28.3. The van der Waals surface area contributed by atoms with Gasteiger partial charge in [0.25, 0.3) is 0 Å². The summed E-state index contributed by atoms with van der Waals surface area (Å²) in [4.78, 5) is 2.72. The van der Waals surface area contributed by atoms with Crippen molar-refractivity contribution in [1.82, 2.24) is 10.2 Å². The number of hydrogen-bond donors (Lipinski definition) is 1. The number of benzene rings is 1. The Morgan fingerprint density at radius 1 is 1.20 bits per heavy atom. The molecule has 3 rings (SSSR count). The van der Waals surface area contributed by atoms with Crippen molar-refractivity contribution in [3.63, 3.8) is 0 Å². The van der Waals surface area contributed by atoms with E-state index in [0.29, 0.717) is 6.04 Å². The van der Waals surface area contributed by atoms with Crippen molar-refractivity contribution in [2.45, 2.75) is 51.6 Å². The van der Waals surface area contributed by atoms with Gasteiger partial charge in [0.2, 0.25) is 0 Å². The Morgan fingerprint density at radius 2 is 2.00 bits per heavy atom. The smallest absolute Gasteiger partial charge is 0.0346 e. The van der Waals surface area contributed by atoms with Crippen LogP contribution in [0.5, 0.6) is 0 Å². The van der Waals surface area contributed by atoms with E-state index >= 15 is 0 Å². The monoisotopic (exact) mass is 272 g/mol. The van der Waals surface area contributed by atoms with Crippen molar-refractivity contribution in [1.29, 1.82) is 0 Å². The van der Waals surface area contributed by atoms with Crippen LogP contribution in [0.25, 0.3) is 0 Å². The molecule has 2 nitrogen and oxygen atoms in total. The fourth-order valence-electron chi connectivity index (χ4n) is 4.01. The minimum atomic E-state index is 0.605.